The standard InChI is InChI=1S/C13H17NO3/c1-16-13(15)12-11(7-8-14-12)17-9-10-5-3-2-4-6-10/h2-6,11-12,14H,7-9H2,1H3/t11?,12-/m1/s1. The molecular weight excluding hydrogens is 218 g/mol. The summed E-state index contributed by atoms with van der Waals surface area (Å²) in [5, 5.41) is 3.09. The molecule has 1 fully saturated rings. The lowest BCUT2D eigenvalue weighted by atomic mass is 10.1. The van der Waals surface area contributed by atoms with Crippen molar-refractivity contribution < 1.29 is 14.3 Å². The van der Waals surface area contributed by atoms with Crippen LogP contribution in [-0.4, -0.2) is 31.8 Å². The molecule has 0 bridgehead atoms. The van der Waals surface area contributed by atoms with Crippen LogP contribution < -0.4 is 5.32 Å². The number of carbonyl (C=O) groups excluding carboxylic acids is 1. The summed E-state index contributed by atoms with van der Waals surface area (Å²) in [6.45, 7) is 1.32. The fraction of sp³-hybridized carbons (Fsp3) is 0.462. The number of benzene rings is 1. The van der Waals surface area contributed by atoms with E-state index in [9.17, 15) is 4.79 Å². The first-order valence-electron chi connectivity index (χ1n) is 5.78. The van der Waals surface area contributed by atoms with E-state index in [1.54, 1.807) is 0 Å². The zero-order valence-corrected chi connectivity index (χ0v) is 9.89. The van der Waals surface area contributed by atoms with Crippen molar-refractivity contribution in [3.8, 4) is 0 Å². The van der Waals surface area contributed by atoms with Gasteiger partial charge in [0.25, 0.3) is 0 Å². The van der Waals surface area contributed by atoms with Gasteiger partial charge < -0.3 is 14.8 Å². The van der Waals surface area contributed by atoms with E-state index in [0.29, 0.717) is 6.61 Å². The summed E-state index contributed by atoms with van der Waals surface area (Å²) < 4.78 is 10.5. The van der Waals surface area contributed by atoms with Crippen LogP contribution in [0.3, 0.4) is 0 Å². The van der Waals surface area contributed by atoms with Gasteiger partial charge in [-0.2, -0.15) is 0 Å². The summed E-state index contributed by atoms with van der Waals surface area (Å²) in [5.74, 6) is -0.249. The highest BCUT2D eigenvalue weighted by atomic mass is 16.5. The molecule has 17 heavy (non-hydrogen) atoms. The number of esters is 1. The van der Waals surface area contributed by atoms with Crippen molar-refractivity contribution in [2.24, 2.45) is 0 Å². The number of ether oxygens (including phenoxy) is 2. The van der Waals surface area contributed by atoms with E-state index in [0.717, 1.165) is 18.5 Å². The zero-order valence-electron chi connectivity index (χ0n) is 9.89. The van der Waals surface area contributed by atoms with E-state index in [-0.39, 0.29) is 18.1 Å². The monoisotopic (exact) mass is 235 g/mol. The van der Waals surface area contributed by atoms with Gasteiger partial charge in [0.1, 0.15) is 6.04 Å². The summed E-state index contributed by atoms with van der Waals surface area (Å²) >= 11 is 0. The zero-order chi connectivity index (χ0) is 12.1. The molecule has 1 aliphatic heterocycles. The van der Waals surface area contributed by atoms with Gasteiger partial charge >= 0.3 is 5.97 Å². The minimum Gasteiger partial charge on any atom is -0.468 e. The molecule has 1 aromatic carbocycles. The highest BCUT2D eigenvalue weighted by Gasteiger charge is 2.34. The molecule has 0 amide bonds. The molecular formula is C13H17NO3. The van der Waals surface area contributed by atoms with E-state index < -0.39 is 0 Å². The smallest absolute Gasteiger partial charge is 0.325 e. The Labute approximate surface area is 101 Å². The van der Waals surface area contributed by atoms with Crippen molar-refractivity contribution in [3.63, 3.8) is 0 Å². The minimum absolute atomic E-state index is 0.0948. The van der Waals surface area contributed by atoms with Crippen LogP contribution in [0.1, 0.15) is 12.0 Å². The van der Waals surface area contributed by atoms with Gasteiger partial charge in [0.05, 0.1) is 19.8 Å². The molecule has 4 nitrogen and oxygen atoms in total. The molecule has 1 aliphatic rings. The Hall–Kier alpha value is -1.39. The van der Waals surface area contributed by atoms with E-state index in [2.05, 4.69) is 5.32 Å². The van der Waals surface area contributed by atoms with Crippen molar-refractivity contribution in [2.75, 3.05) is 13.7 Å². The first-order valence-corrected chi connectivity index (χ1v) is 5.78. The number of hydrogen-bond acceptors (Lipinski definition) is 4. The predicted octanol–water partition coefficient (Wildman–Crippen LogP) is 1.11. The molecule has 0 saturated carbocycles. The molecule has 1 saturated heterocycles. The van der Waals surface area contributed by atoms with Crippen LogP contribution in [0.25, 0.3) is 0 Å². The third kappa shape index (κ3) is 3.05. The maximum atomic E-state index is 11.5. The Kier molecular flexibility index (Phi) is 4.12. The quantitative estimate of drug-likeness (QED) is 0.794. The second-order valence-electron chi connectivity index (χ2n) is 4.08. The average molecular weight is 235 g/mol. The number of methoxy groups -OCH3 is 1. The van der Waals surface area contributed by atoms with Gasteiger partial charge in [0.15, 0.2) is 0 Å². The van der Waals surface area contributed by atoms with Crippen LogP contribution >= 0.6 is 0 Å². The van der Waals surface area contributed by atoms with E-state index in [1.807, 2.05) is 30.3 Å². The van der Waals surface area contributed by atoms with Crippen molar-refractivity contribution in [1.29, 1.82) is 0 Å². The molecule has 2 rings (SSSR count). The largest absolute Gasteiger partial charge is 0.468 e. The molecule has 0 aromatic heterocycles. The van der Waals surface area contributed by atoms with Crippen LogP contribution in [0.2, 0.25) is 0 Å². The number of hydrogen-bond donors (Lipinski definition) is 1. The first kappa shape index (κ1) is 12.1. The molecule has 1 heterocycles. The summed E-state index contributed by atoms with van der Waals surface area (Å²) in [6, 6.07) is 9.61. The van der Waals surface area contributed by atoms with Crippen molar-refractivity contribution in [2.45, 2.75) is 25.2 Å². The van der Waals surface area contributed by atoms with Gasteiger partial charge in [-0.15, -0.1) is 0 Å². The Morgan fingerprint density at radius 1 is 1.41 bits per heavy atom. The van der Waals surface area contributed by atoms with Crippen molar-refractivity contribution >= 4 is 5.97 Å². The van der Waals surface area contributed by atoms with E-state index in [1.165, 1.54) is 7.11 Å². The molecule has 0 radical (unpaired) electrons. The third-order valence-corrected chi connectivity index (χ3v) is 2.93. The predicted molar refractivity (Wildman–Crippen MR) is 63.4 cm³/mol. The van der Waals surface area contributed by atoms with Crippen molar-refractivity contribution in [3.05, 3.63) is 35.9 Å². The van der Waals surface area contributed by atoms with E-state index in [4.69, 9.17) is 9.47 Å². The second kappa shape index (κ2) is 5.80. The number of nitrogens with one attached hydrogen (secondary N) is 1. The fourth-order valence-electron chi connectivity index (χ4n) is 2.00. The Balaban J connectivity index is 1.88. The minimum atomic E-state index is -0.330. The van der Waals surface area contributed by atoms with Crippen LogP contribution in [0, 0.1) is 0 Å². The summed E-state index contributed by atoms with van der Waals surface area (Å²) in [7, 11) is 1.40. The highest BCUT2D eigenvalue weighted by molar-refractivity contribution is 5.76. The van der Waals surface area contributed by atoms with Crippen LogP contribution in [0.5, 0.6) is 0 Å². The normalized spacial score (nSPS) is 23.6. The summed E-state index contributed by atoms with van der Waals surface area (Å²) in [5.41, 5.74) is 1.11. The molecule has 1 N–H and O–H groups in total. The fourth-order valence-corrected chi connectivity index (χ4v) is 2.00. The number of carbonyl (C=O) groups is 1. The van der Waals surface area contributed by atoms with E-state index >= 15 is 0 Å². The average Bonchev–Trinajstić information content (AvgIpc) is 2.85. The molecule has 0 spiro atoms. The van der Waals surface area contributed by atoms with Crippen molar-refractivity contribution in [1.82, 2.24) is 5.32 Å². The maximum absolute atomic E-state index is 11.5. The first-order chi connectivity index (χ1) is 8.31. The lowest BCUT2D eigenvalue weighted by Gasteiger charge is -2.17. The van der Waals surface area contributed by atoms with Gasteiger partial charge in [0.2, 0.25) is 0 Å². The number of rotatable bonds is 4. The molecule has 0 aliphatic carbocycles. The summed E-state index contributed by atoms with van der Waals surface area (Å²) in [6.07, 6.45) is 0.745. The Bertz CT molecular complexity index is 366. The molecule has 1 aromatic rings. The van der Waals surface area contributed by atoms with Crippen LogP contribution in [-0.2, 0) is 20.9 Å². The third-order valence-electron chi connectivity index (χ3n) is 2.93. The van der Waals surface area contributed by atoms with Gasteiger partial charge in [-0.1, -0.05) is 30.3 Å². The second-order valence-corrected chi connectivity index (χ2v) is 4.08. The Morgan fingerprint density at radius 2 is 2.18 bits per heavy atom. The highest BCUT2D eigenvalue weighted by Crippen LogP contribution is 2.15. The molecule has 92 valence electrons. The molecule has 2 atom stereocenters. The lowest BCUT2D eigenvalue weighted by Crippen LogP contribution is -2.40. The Morgan fingerprint density at radius 3 is 2.88 bits per heavy atom. The summed E-state index contributed by atoms with van der Waals surface area (Å²) in [4.78, 5) is 11.5. The maximum Gasteiger partial charge on any atom is 0.325 e. The lowest BCUT2D eigenvalue weighted by molar-refractivity contribution is -0.146. The molecule has 1 unspecified atom stereocenters. The van der Waals surface area contributed by atoms with Crippen LogP contribution in [0.15, 0.2) is 30.3 Å². The van der Waals surface area contributed by atoms with Gasteiger partial charge in [-0.3, -0.25) is 4.79 Å². The van der Waals surface area contributed by atoms with Gasteiger partial charge in [-0.25, -0.2) is 0 Å². The molecule has 4 heteroatoms. The van der Waals surface area contributed by atoms with Gasteiger partial charge in [-0.05, 0) is 18.5 Å². The topological polar surface area (TPSA) is 47.6 Å². The van der Waals surface area contributed by atoms with Crippen LogP contribution in [0.4, 0.5) is 0 Å². The van der Waals surface area contributed by atoms with Gasteiger partial charge in [0, 0.05) is 0 Å². The SMILES string of the molecule is COC(=O)[C@@H]1NCCC1OCc1ccccc1.